The van der Waals surface area contributed by atoms with Crippen molar-refractivity contribution >= 4 is 0 Å². The third kappa shape index (κ3) is 3.98. The topological polar surface area (TPSA) is 0 Å². The van der Waals surface area contributed by atoms with Crippen LogP contribution in [0.1, 0.15) is 59.8 Å². The molecule has 0 aromatic carbocycles. The highest BCUT2D eigenvalue weighted by Gasteiger charge is 2.24. The second-order valence-corrected chi connectivity index (χ2v) is 4.29. The summed E-state index contributed by atoms with van der Waals surface area (Å²) >= 11 is 0. The van der Waals surface area contributed by atoms with Crippen molar-refractivity contribution in [2.75, 3.05) is 6.67 Å². The Hall–Kier alpha value is -0.0700. The van der Waals surface area contributed by atoms with Crippen molar-refractivity contribution in [1.29, 1.82) is 0 Å². The lowest BCUT2D eigenvalue weighted by molar-refractivity contribution is 0.175. The van der Waals surface area contributed by atoms with E-state index in [1.165, 1.54) is 25.7 Å². The van der Waals surface area contributed by atoms with Gasteiger partial charge in [0.05, 0.1) is 6.67 Å². The molecule has 0 aromatic rings. The first-order valence-corrected chi connectivity index (χ1v) is 6.30. The van der Waals surface area contributed by atoms with Crippen molar-refractivity contribution < 1.29 is 4.39 Å². The van der Waals surface area contributed by atoms with E-state index in [4.69, 9.17) is 0 Å². The maximum absolute atomic E-state index is 12.5. The average molecular weight is 202 g/mol. The molecule has 0 aliphatic rings. The first-order chi connectivity index (χ1) is 6.74. The van der Waals surface area contributed by atoms with Gasteiger partial charge in [0.25, 0.3) is 0 Å². The molecule has 0 aliphatic heterocycles. The summed E-state index contributed by atoms with van der Waals surface area (Å²) < 4.78 is 12.5. The zero-order valence-corrected chi connectivity index (χ0v) is 10.4. The fourth-order valence-electron chi connectivity index (χ4n) is 2.77. The van der Waals surface area contributed by atoms with Gasteiger partial charge in [0.1, 0.15) is 0 Å². The van der Waals surface area contributed by atoms with Crippen molar-refractivity contribution in [3.63, 3.8) is 0 Å². The first kappa shape index (κ1) is 13.9. The molecule has 1 heteroatoms. The molecule has 0 nitrogen and oxygen atoms in total. The molecule has 0 bridgehead atoms. The van der Waals surface area contributed by atoms with Gasteiger partial charge in [-0.3, -0.25) is 4.39 Å². The van der Waals surface area contributed by atoms with Crippen molar-refractivity contribution in [3.05, 3.63) is 0 Å². The van der Waals surface area contributed by atoms with E-state index in [-0.39, 0.29) is 6.67 Å². The Morgan fingerprint density at radius 2 is 1.14 bits per heavy atom. The van der Waals surface area contributed by atoms with Crippen LogP contribution in [0.5, 0.6) is 0 Å². The molecular formula is C13H27F. The molecule has 0 heterocycles. The number of halogens is 1. The van der Waals surface area contributed by atoms with Gasteiger partial charge in [-0.1, -0.05) is 53.4 Å². The Morgan fingerprint density at radius 3 is 1.36 bits per heavy atom. The summed E-state index contributed by atoms with van der Waals surface area (Å²) in [5.41, 5.74) is 0. The van der Waals surface area contributed by atoms with Crippen molar-refractivity contribution in [3.8, 4) is 0 Å². The Labute approximate surface area is 89.3 Å². The Bertz CT molecular complexity index is 102. The number of rotatable bonds is 8. The largest absolute Gasteiger partial charge is 0.251 e. The molecule has 14 heavy (non-hydrogen) atoms. The second-order valence-electron chi connectivity index (χ2n) is 4.29. The van der Waals surface area contributed by atoms with Crippen LogP contribution in [0, 0.1) is 17.8 Å². The Morgan fingerprint density at radius 1 is 0.786 bits per heavy atom. The van der Waals surface area contributed by atoms with Gasteiger partial charge in [-0.25, -0.2) is 0 Å². The predicted molar refractivity (Wildman–Crippen MR) is 62.2 cm³/mol. The van der Waals surface area contributed by atoms with Crippen LogP contribution in [-0.4, -0.2) is 6.67 Å². The van der Waals surface area contributed by atoms with Gasteiger partial charge in [-0.05, 0) is 24.2 Å². The van der Waals surface area contributed by atoms with Crippen molar-refractivity contribution in [1.82, 2.24) is 0 Å². The Kier molecular flexibility index (Phi) is 8.21. The van der Waals surface area contributed by atoms with E-state index in [0.717, 1.165) is 18.3 Å². The minimum absolute atomic E-state index is 0.141. The standard InChI is InChI=1S/C13H27F/c1-5-11(6-2)13(9-10-14)12(7-3)8-4/h11-13H,5-10H2,1-4H3. The summed E-state index contributed by atoms with van der Waals surface area (Å²) in [7, 11) is 0. The predicted octanol–water partition coefficient (Wildman–Crippen LogP) is 4.83. The molecule has 0 N–H and O–H groups in total. The van der Waals surface area contributed by atoms with E-state index in [1.807, 2.05) is 0 Å². The highest BCUT2D eigenvalue weighted by molar-refractivity contribution is 4.74. The summed E-state index contributed by atoms with van der Waals surface area (Å²) in [4.78, 5) is 0. The highest BCUT2D eigenvalue weighted by atomic mass is 19.1. The third-order valence-corrected chi connectivity index (χ3v) is 3.75. The van der Waals surface area contributed by atoms with Crippen LogP contribution >= 0.6 is 0 Å². The maximum Gasteiger partial charge on any atom is 0.0897 e. The maximum atomic E-state index is 12.5. The van der Waals surface area contributed by atoms with Crippen molar-refractivity contribution in [2.45, 2.75) is 59.8 Å². The molecule has 0 atom stereocenters. The SMILES string of the molecule is CCC(CC)C(CCF)C(CC)CC. The smallest absolute Gasteiger partial charge is 0.0897 e. The normalized spacial score (nSPS) is 12.0. The van der Waals surface area contributed by atoms with Gasteiger partial charge in [-0.15, -0.1) is 0 Å². The van der Waals surface area contributed by atoms with Gasteiger partial charge >= 0.3 is 0 Å². The lowest BCUT2D eigenvalue weighted by Gasteiger charge is -2.31. The second kappa shape index (κ2) is 8.26. The summed E-state index contributed by atoms with van der Waals surface area (Å²) in [5, 5.41) is 0. The number of hydrogen-bond donors (Lipinski definition) is 0. The van der Waals surface area contributed by atoms with Gasteiger partial charge in [0.15, 0.2) is 0 Å². The van der Waals surface area contributed by atoms with Crippen LogP contribution in [0.3, 0.4) is 0 Å². The average Bonchev–Trinajstić information content (AvgIpc) is 2.21. The highest BCUT2D eigenvalue weighted by Crippen LogP contribution is 2.33. The van der Waals surface area contributed by atoms with E-state index in [2.05, 4.69) is 27.7 Å². The molecule has 0 rings (SSSR count). The van der Waals surface area contributed by atoms with Crippen LogP contribution < -0.4 is 0 Å². The summed E-state index contributed by atoms with van der Waals surface area (Å²) in [6.45, 7) is 8.81. The molecule has 0 amide bonds. The molecule has 0 aromatic heterocycles. The monoisotopic (exact) mass is 202 g/mol. The fraction of sp³-hybridized carbons (Fsp3) is 1.00. The minimum Gasteiger partial charge on any atom is -0.251 e. The number of alkyl halides is 1. The van der Waals surface area contributed by atoms with Crippen LogP contribution in [0.2, 0.25) is 0 Å². The van der Waals surface area contributed by atoms with Gasteiger partial charge < -0.3 is 0 Å². The molecular weight excluding hydrogens is 175 g/mol. The van der Waals surface area contributed by atoms with Crippen LogP contribution in [0.25, 0.3) is 0 Å². The molecule has 0 fully saturated rings. The third-order valence-electron chi connectivity index (χ3n) is 3.75. The molecule has 0 spiro atoms. The van der Waals surface area contributed by atoms with Crippen molar-refractivity contribution in [2.24, 2.45) is 17.8 Å². The molecule has 86 valence electrons. The summed E-state index contributed by atoms with van der Waals surface area (Å²) in [6, 6.07) is 0. The summed E-state index contributed by atoms with van der Waals surface area (Å²) in [6.07, 6.45) is 5.60. The first-order valence-electron chi connectivity index (χ1n) is 6.30. The van der Waals surface area contributed by atoms with Gasteiger partial charge in [-0.2, -0.15) is 0 Å². The molecule has 0 unspecified atom stereocenters. The Balaban J connectivity index is 4.36. The quantitative estimate of drug-likeness (QED) is 0.528. The van der Waals surface area contributed by atoms with Gasteiger partial charge in [0, 0.05) is 0 Å². The van der Waals surface area contributed by atoms with Crippen LogP contribution in [0.15, 0.2) is 0 Å². The van der Waals surface area contributed by atoms with Crippen LogP contribution in [-0.2, 0) is 0 Å². The minimum atomic E-state index is -0.141. The zero-order valence-electron chi connectivity index (χ0n) is 10.4. The van der Waals surface area contributed by atoms with E-state index >= 15 is 0 Å². The molecule has 0 aliphatic carbocycles. The summed E-state index contributed by atoms with van der Waals surface area (Å²) in [5.74, 6) is 2.08. The van der Waals surface area contributed by atoms with Gasteiger partial charge in [0.2, 0.25) is 0 Å². The number of hydrogen-bond acceptors (Lipinski definition) is 0. The van der Waals surface area contributed by atoms with E-state index < -0.39 is 0 Å². The van der Waals surface area contributed by atoms with Crippen LogP contribution in [0.4, 0.5) is 4.39 Å². The zero-order chi connectivity index (χ0) is 11.0. The molecule has 0 saturated carbocycles. The molecule has 0 radical (unpaired) electrons. The molecule has 0 saturated heterocycles. The lowest BCUT2D eigenvalue weighted by Crippen LogP contribution is -2.23. The fourth-order valence-corrected chi connectivity index (χ4v) is 2.77. The van der Waals surface area contributed by atoms with E-state index in [1.54, 1.807) is 0 Å². The van der Waals surface area contributed by atoms with E-state index in [9.17, 15) is 4.39 Å². The van der Waals surface area contributed by atoms with E-state index in [0.29, 0.717) is 5.92 Å². The lowest BCUT2D eigenvalue weighted by atomic mass is 9.75.